The Morgan fingerprint density at radius 2 is 1.88 bits per heavy atom. The van der Waals surface area contributed by atoms with Gasteiger partial charge in [-0.1, -0.05) is 42.5 Å². The zero-order valence-corrected chi connectivity index (χ0v) is 14.0. The summed E-state index contributed by atoms with van der Waals surface area (Å²) in [5.41, 5.74) is 1.20. The van der Waals surface area contributed by atoms with Crippen molar-refractivity contribution >= 4 is 10.8 Å². The molecule has 3 aromatic rings. The number of nitrogens with zero attached hydrogens (tertiary/aromatic N) is 1. The van der Waals surface area contributed by atoms with Crippen molar-refractivity contribution < 1.29 is 9.84 Å². The average molecular weight is 340 g/mol. The third-order valence-electron chi connectivity index (χ3n) is 4.21. The predicted octanol–water partition coefficient (Wildman–Crippen LogP) is 1.56. The second-order valence-electron chi connectivity index (χ2n) is 5.88. The second-order valence-corrected chi connectivity index (χ2v) is 5.88. The first-order chi connectivity index (χ1) is 12.1. The van der Waals surface area contributed by atoms with Gasteiger partial charge in [-0.2, -0.15) is 0 Å². The fraction of sp³-hybridized carbons (Fsp3) is 0.263. The van der Waals surface area contributed by atoms with Gasteiger partial charge in [-0.25, -0.2) is 4.79 Å². The van der Waals surface area contributed by atoms with Crippen LogP contribution < -0.4 is 11.2 Å². The van der Waals surface area contributed by atoms with Crippen LogP contribution >= 0.6 is 0 Å². The van der Waals surface area contributed by atoms with Crippen LogP contribution in [-0.4, -0.2) is 27.9 Å². The molecule has 0 spiro atoms. The number of aromatic amines is 1. The van der Waals surface area contributed by atoms with Gasteiger partial charge in [0.25, 0.3) is 5.56 Å². The molecule has 0 aliphatic carbocycles. The molecule has 1 heterocycles. The molecule has 2 aromatic carbocycles. The van der Waals surface area contributed by atoms with E-state index >= 15 is 0 Å². The second kappa shape index (κ2) is 7.46. The number of fused-ring (bicyclic) bond motifs is 1. The van der Waals surface area contributed by atoms with E-state index in [2.05, 4.69) is 11.1 Å². The molecular formula is C19H20N2O4. The maximum Gasteiger partial charge on any atom is 0.330 e. The van der Waals surface area contributed by atoms with Crippen LogP contribution in [-0.2, 0) is 17.9 Å². The molecule has 130 valence electrons. The van der Waals surface area contributed by atoms with Crippen molar-refractivity contribution in [3.63, 3.8) is 0 Å². The Kier molecular flexibility index (Phi) is 5.11. The topological polar surface area (TPSA) is 84.3 Å². The van der Waals surface area contributed by atoms with Crippen LogP contribution in [0.2, 0.25) is 0 Å². The number of aromatic nitrogens is 2. The molecule has 1 aromatic heterocycles. The predicted molar refractivity (Wildman–Crippen MR) is 95.9 cm³/mol. The van der Waals surface area contributed by atoms with Crippen molar-refractivity contribution in [2.24, 2.45) is 0 Å². The van der Waals surface area contributed by atoms with E-state index in [1.54, 1.807) is 6.92 Å². The molecule has 3 rings (SSSR count). The first-order valence-corrected chi connectivity index (χ1v) is 8.09. The van der Waals surface area contributed by atoms with Crippen molar-refractivity contribution in [2.75, 3.05) is 13.2 Å². The zero-order valence-electron chi connectivity index (χ0n) is 14.0. The monoisotopic (exact) mass is 340 g/mol. The van der Waals surface area contributed by atoms with Crippen LogP contribution in [0.1, 0.15) is 16.8 Å². The SMILES string of the molecule is Cc1c(Cc2ccc3ccccc3c2)n(COCCO)c(=O)[nH]c1=O. The highest BCUT2D eigenvalue weighted by molar-refractivity contribution is 5.83. The van der Waals surface area contributed by atoms with E-state index in [1.165, 1.54) is 4.57 Å². The molecule has 0 aliphatic rings. The fourth-order valence-electron chi connectivity index (χ4n) is 2.84. The van der Waals surface area contributed by atoms with Gasteiger partial charge >= 0.3 is 5.69 Å². The van der Waals surface area contributed by atoms with Crippen LogP contribution in [0.4, 0.5) is 0 Å². The molecule has 0 aliphatic heterocycles. The number of benzene rings is 2. The summed E-state index contributed by atoms with van der Waals surface area (Å²) < 4.78 is 6.69. The standard InChI is InChI=1S/C19H20N2O4/c1-13-17(21(12-25-9-8-22)19(24)20-18(13)23)11-14-6-7-15-4-2-3-5-16(15)10-14/h2-7,10,22H,8-9,11-12H2,1H3,(H,20,23,24). The number of rotatable bonds is 6. The third-order valence-corrected chi connectivity index (χ3v) is 4.21. The van der Waals surface area contributed by atoms with E-state index < -0.39 is 5.69 Å². The number of ether oxygens (including phenoxy) is 1. The summed E-state index contributed by atoms with van der Waals surface area (Å²) in [5.74, 6) is 0. The van der Waals surface area contributed by atoms with Gasteiger partial charge in [0.2, 0.25) is 0 Å². The highest BCUT2D eigenvalue weighted by atomic mass is 16.5. The summed E-state index contributed by atoms with van der Waals surface area (Å²) >= 11 is 0. The van der Waals surface area contributed by atoms with Gasteiger partial charge in [-0.15, -0.1) is 0 Å². The maximum absolute atomic E-state index is 12.2. The fourth-order valence-corrected chi connectivity index (χ4v) is 2.84. The molecule has 6 heteroatoms. The lowest BCUT2D eigenvalue weighted by molar-refractivity contribution is 0.0442. The van der Waals surface area contributed by atoms with Crippen LogP contribution in [0.15, 0.2) is 52.1 Å². The molecule has 0 saturated carbocycles. The van der Waals surface area contributed by atoms with E-state index in [4.69, 9.17) is 9.84 Å². The first kappa shape index (κ1) is 17.1. The van der Waals surface area contributed by atoms with Crippen LogP contribution in [0.3, 0.4) is 0 Å². The number of hydrogen-bond donors (Lipinski definition) is 2. The largest absolute Gasteiger partial charge is 0.394 e. The molecule has 0 atom stereocenters. The highest BCUT2D eigenvalue weighted by Gasteiger charge is 2.12. The van der Waals surface area contributed by atoms with Gasteiger partial charge < -0.3 is 9.84 Å². The molecule has 2 N–H and O–H groups in total. The molecule has 0 unspecified atom stereocenters. The van der Waals surface area contributed by atoms with Crippen LogP contribution in [0, 0.1) is 6.92 Å². The number of aliphatic hydroxyl groups is 1. The Bertz CT molecular complexity index is 1000. The van der Waals surface area contributed by atoms with Crippen molar-refractivity contribution in [2.45, 2.75) is 20.1 Å². The van der Waals surface area contributed by atoms with E-state index in [1.807, 2.05) is 36.4 Å². The lowest BCUT2D eigenvalue weighted by Gasteiger charge is -2.15. The Morgan fingerprint density at radius 1 is 1.12 bits per heavy atom. The molecule has 0 fully saturated rings. The minimum Gasteiger partial charge on any atom is -0.394 e. The summed E-state index contributed by atoms with van der Waals surface area (Å²) in [6, 6.07) is 14.1. The van der Waals surface area contributed by atoms with Gasteiger partial charge in [-0.05, 0) is 23.3 Å². The summed E-state index contributed by atoms with van der Waals surface area (Å²) in [6.07, 6.45) is 0.443. The van der Waals surface area contributed by atoms with Crippen LogP contribution in [0.25, 0.3) is 10.8 Å². The third kappa shape index (κ3) is 3.70. The highest BCUT2D eigenvalue weighted by Crippen LogP contribution is 2.18. The normalized spacial score (nSPS) is 11.1. The Morgan fingerprint density at radius 3 is 2.64 bits per heavy atom. The maximum atomic E-state index is 12.2. The van der Waals surface area contributed by atoms with E-state index in [-0.39, 0.29) is 25.5 Å². The molecule has 0 radical (unpaired) electrons. The van der Waals surface area contributed by atoms with E-state index in [0.29, 0.717) is 17.7 Å². The van der Waals surface area contributed by atoms with Gasteiger partial charge in [0.05, 0.1) is 13.2 Å². The molecule has 6 nitrogen and oxygen atoms in total. The van der Waals surface area contributed by atoms with Crippen LogP contribution in [0.5, 0.6) is 0 Å². The van der Waals surface area contributed by atoms with E-state index in [9.17, 15) is 9.59 Å². The summed E-state index contributed by atoms with van der Waals surface area (Å²) in [4.78, 5) is 26.5. The van der Waals surface area contributed by atoms with Crippen molar-refractivity contribution in [1.82, 2.24) is 9.55 Å². The minimum atomic E-state index is -0.510. The molecule has 0 saturated heterocycles. The lowest BCUT2D eigenvalue weighted by atomic mass is 10.0. The zero-order chi connectivity index (χ0) is 17.8. The van der Waals surface area contributed by atoms with E-state index in [0.717, 1.165) is 16.3 Å². The average Bonchev–Trinajstić information content (AvgIpc) is 2.62. The lowest BCUT2D eigenvalue weighted by Crippen LogP contribution is -2.35. The Labute approximate surface area is 144 Å². The summed E-state index contributed by atoms with van der Waals surface area (Å²) in [6.45, 7) is 1.67. The quantitative estimate of drug-likeness (QED) is 0.667. The summed E-state index contributed by atoms with van der Waals surface area (Å²) in [5, 5.41) is 11.1. The van der Waals surface area contributed by atoms with Crippen molar-refractivity contribution in [1.29, 1.82) is 0 Å². The van der Waals surface area contributed by atoms with Crippen molar-refractivity contribution in [3.05, 3.63) is 80.1 Å². The Balaban J connectivity index is 2.01. The van der Waals surface area contributed by atoms with Crippen molar-refractivity contribution in [3.8, 4) is 0 Å². The molecule has 25 heavy (non-hydrogen) atoms. The molecular weight excluding hydrogens is 320 g/mol. The van der Waals surface area contributed by atoms with Gasteiger partial charge in [0.1, 0.15) is 6.73 Å². The minimum absolute atomic E-state index is 0.0140. The first-order valence-electron chi connectivity index (χ1n) is 8.09. The van der Waals surface area contributed by atoms with Gasteiger partial charge in [0.15, 0.2) is 0 Å². The Hall–Kier alpha value is -2.70. The number of H-pyrrole nitrogens is 1. The number of nitrogens with one attached hydrogen (secondary N) is 1. The smallest absolute Gasteiger partial charge is 0.330 e. The molecule has 0 bridgehead atoms. The van der Waals surface area contributed by atoms with Gasteiger partial charge in [-0.3, -0.25) is 14.3 Å². The summed E-state index contributed by atoms with van der Waals surface area (Å²) in [7, 11) is 0. The number of aliphatic hydroxyl groups excluding tert-OH is 1. The molecule has 0 amide bonds. The van der Waals surface area contributed by atoms with Gasteiger partial charge in [0, 0.05) is 17.7 Å². The number of hydrogen-bond acceptors (Lipinski definition) is 4.